The fourth-order valence-corrected chi connectivity index (χ4v) is 3.09. The highest BCUT2D eigenvalue weighted by molar-refractivity contribution is 5.86. The molecule has 0 unspecified atom stereocenters. The normalized spacial score (nSPS) is 14.3. The van der Waals surface area contributed by atoms with Crippen molar-refractivity contribution in [2.24, 2.45) is 0 Å². The summed E-state index contributed by atoms with van der Waals surface area (Å²) in [4.78, 5) is 7.14. The van der Waals surface area contributed by atoms with Gasteiger partial charge < -0.3 is 9.64 Å². The number of benzene rings is 2. The second kappa shape index (κ2) is 6.48. The fraction of sp³-hybridized carbons (Fsp3) is 0.250. The minimum atomic E-state index is -0.235. The third kappa shape index (κ3) is 3.04. The van der Waals surface area contributed by atoms with Crippen molar-refractivity contribution in [1.29, 1.82) is 0 Å². The lowest BCUT2D eigenvalue weighted by Gasteiger charge is -2.17. The number of aromatic nitrogens is 1. The molecule has 1 aliphatic rings. The van der Waals surface area contributed by atoms with E-state index in [0.29, 0.717) is 6.61 Å². The monoisotopic (exact) mass is 322 g/mol. The van der Waals surface area contributed by atoms with Crippen molar-refractivity contribution in [3.8, 4) is 5.75 Å². The largest absolute Gasteiger partial charge is 0.487 e. The Hall–Kier alpha value is -2.62. The van der Waals surface area contributed by atoms with E-state index in [-0.39, 0.29) is 5.82 Å². The number of pyridine rings is 1. The molecular weight excluding hydrogens is 303 g/mol. The highest BCUT2D eigenvalue weighted by Gasteiger charge is 2.14. The lowest BCUT2D eigenvalue weighted by molar-refractivity contribution is 0.309. The van der Waals surface area contributed by atoms with Gasteiger partial charge in [0.05, 0.1) is 0 Å². The quantitative estimate of drug-likeness (QED) is 0.704. The van der Waals surface area contributed by atoms with Gasteiger partial charge in [-0.05, 0) is 48.7 Å². The molecule has 122 valence electrons. The summed E-state index contributed by atoms with van der Waals surface area (Å²) in [7, 11) is 0. The summed E-state index contributed by atoms with van der Waals surface area (Å²) in [5, 5.41) is 1.06. The van der Waals surface area contributed by atoms with Gasteiger partial charge in [0, 0.05) is 18.5 Å². The van der Waals surface area contributed by atoms with Gasteiger partial charge in [0.25, 0.3) is 0 Å². The van der Waals surface area contributed by atoms with Gasteiger partial charge in [-0.25, -0.2) is 9.37 Å². The topological polar surface area (TPSA) is 25.4 Å². The molecule has 3 nitrogen and oxygen atoms in total. The Kier molecular flexibility index (Phi) is 4.03. The molecule has 1 fully saturated rings. The van der Waals surface area contributed by atoms with Crippen LogP contribution in [-0.4, -0.2) is 18.1 Å². The number of rotatable bonds is 4. The Labute approximate surface area is 140 Å². The van der Waals surface area contributed by atoms with Crippen LogP contribution in [0.1, 0.15) is 18.4 Å². The summed E-state index contributed by atoms with van der Waals surface area (Å²) in [5.74, 6) is 1.54. The van der Waals surface area contributed by atoms with Crippen LogP contribution in [0.4, 0.5) is 10.2 Å². The lowest BCUT2D eigenvalue weighted by atomic mass is 10.2. The number of nitrogens with zero attached hydrogens (tertiary/aromatic N) is 2. The molecule has 1 aliphatic heterocycles. The van der Waals surface area contributed by atoms with E-state index in [1.165, 1.54) is 25.0 Å². The third-order valence-corrected chi connectivity index (χ3v) is 4.41. The number of fused-ring (bicyclic) bond motifs is 1. The standard InChI is InChI=1S/C20H19FN2O/c21-17-9-6-15(7-10-17)14-24-18-5-3-4-16-8-11-19(22-20(16)18)23-12-1-2-13-23/h3-11H,1-2,12-14H2. The van der Waals surface area contributed by atoms with Gasteiger partial charge in [-0.2, -0.15) is 0 Å². The van der Waals surface area contributed by atoms with Gasteiger partial charge in [0.2, 0.25) is 0 Å². The van der Waals surface area contributed by atoms with Gasteiger partial charge in [-0.15, -0.1) is 0 Å². The van der Waals surface area contributed by atoms with Crippen LogP contribution in [0.2, 0.25) is 0 Å². The van der Waals surface area contributed by atoms with E-state index in [1.807, 2.05) is 18.2 Å². The van der Waals surface area contributed by atoms with E-state index >= 15 is 0 Å². The summed E-state index contributed by atoms with van der Waals surface area (Å²) < 4.78 is 19.0. The Bertz CT molecular complexity index is 842. The van der Waals surface area contributed by atoms with Crippen LogP contribution in [0.15, 0.2) is 54.6 Å². The predicted molar refractivity (Wildman–Crippen MR) is 93.9 cm³/mol. The minimum Gasteiger partial charge on any atom is -0.487 e. The predicted octanol–water partition coefficient (Wildman–Crippen LogP) is 4.55. The maximum absolute atomic E-state index is 13.0. The highest BCUT2D eigenvalue weighted by atomic mass is 19.1. The van der Waals surface area contributed by atoms with Crippen LogP contribution in [0.5, 0.6) is 5.75 Å². The van der Waals surface area contributed by atoms with E-state index in [1.54, 1.807) is 12.1 Å². The van der Waals surface area contributed by atoms with E-state index in [0.717, 1.165) is 41.1 Å². The van der Waals surface area contributed by atoms with Gasteiger partial charge in [-0.1, -0.05) is 24.3 Å². The van der Waals surface area contributed by atoms with Gasteiger partial charge in [0.1, 0.15) is 29.5 Å². The first-order valence-electron chi connectivity index (χ1n) is 8.31. The molecule has 0 N–H and O–H groups in total. The van der Waals surface area contributed by atoms with Crippen LogP contribution in [0.25, 0.3) is 10.9 Å². The van der Waals surface area contributed by atoms with Crippen LogP contribution in [0, 0.1) is 5.82 Å². The molecule has 1 saturated heterocycles. The fourth-order valence-electron chi connectivity index (χ4n) is 3.09. The molecule has 0 spiro atoms. The summed E-state index contributed by atoms with van der Waals surface area (Å²) in [6.07, 6.45) is 2.45. The summed E-state index contributed by atoms with van der Waals surface area (Å²) in [5.41, 5.74) is 1.81. The lowest BCUT2D eigenvalue weighted by Crippen LogP contribution is -2.18. The van der Waals surface area contributed by atoms with Crippen molar-refractivity contribution in [2.75, 3.05) is 18.0 Å². The molecule has 4 heteroatoms. The van der Waals surface area contributed by atoms with Crippen molar-refractivity contribution in [1.82, 2.24) is 4.98 Å². The van der Waals surface area contributed by atoms with Crippen molar-refractivity contribution in [2.45, 2.75) is 19.4 Å². The number of hydrogen-bond donors (Lipinski definition) is 0. The molecule has 0 atom stereocenters. The second-order valence-electron chi connectivity index (χ2n) is 6.11. The van der Waals surface area contributed by atoms with E-state index < -0.39 is 0 Å². The van der Waals surface area contributed by atoms with Crippen LogP contribution in [-0.2, 0) is 6.61 Å². The molecule has 0 amide bonds. The Balaban J connectivity index is 1.61. The molecule has 0 radical (unpaired) electrons. The van der Waals surface area contributed by atoms with Gasteiger partial charge >= 0.3 is 0 Å². The molecule has 24 heavy (non-hydrogen) atoms. The molecule has 0 aliphatic carbocycles. The maximum atomic E-state index is 13.0. The van der Waals surface area contributed by atoms with E-state index in [2.05, 4.69) is 17.0 Å². The van der Waals surface area contributed by atoms with Crippen molar-refractivity contribution in [3.05, 3.63) is 66.0 Å². The first-order chi connectivity index (χ1) is 11.8. The average molecular weight is 322 g/mol. The summed E-state index contributed by atoms with van der Waals surface area (Å²) in [6, 6.07) is 16.5. The molecule has 2 aromatic carbocycles. The van der Waals surface area contributed by atoms with E-state index in [4.69, 9.17) is 9.72 Å². The Morgan fingerprint density at radius 1 is 0.958 bits per heavy atom. The first kappa shape index (κ1) is 14.9. The zero-order valence-corrected chi connectivity index (χ0v) is 13.4. The van der Waals surface area contributed by atoms with Crippen LogP contribution < -0.4 is 9.64 Å². The Morgan fingerprint density at radius 3 is 2.54 bits per heavy atom. The summed E-state index contributed by atoms with van der Waals surface area (Å²) >= 11 is 0. The van der Waals surface area contributed by atoms with E-state index in [9.17, 15) is 4.39 Å². The van der Waals surface area contributed by atoms with Crippen LogP contribution in [0.3, 0.4) is 0 Å². The maximum Gasteiger partial charge on any atom is 0.146 e. The SMILES string of the molecule is Fc1ccc(COc2cccc3ccc(N4CCCC4)nc23)cc1. The number of para-hydroxylation sites is 1. The third-order valence-electron chi connectivity index (χ3n) is 4.41. The van der Waals surface area contributed by atoms with Crippen molar-refractivity contribution in [3.63, 3.8) is 0 Å². The minimum absolute atomic E-state index is 0.235. The first-order valence-corrected chi connectivity index (χ1v) is 8.31. The molecule has 0 saturated carbocycles. The number of halogens is 1. The molecule has 0 bridgehead atoms. The smallest absolute Gasteiger partial charge is 0.146 e. The average Bonchev–Trinajstić information content (AvgIpc) is 3.15. The highest BCUT2D eigenvalue weighted by Crippen LogP contribution is 2.28. The molecule has 4 rings (SSSR count). The van der Waals surface area contributed by atoms with Crippen LogP contribution >= 0.6 is 0 Å². The second-order valence-corrected chi connectivity index (χ2v) is 6.11. The van der Waals surface area contributed by atoms with Crippen molar-refractivity contribution < 1.29 is 9.13 Å². The van der Waals surface area contributed by atoms with Crippen molar-refractivity contribution >= 4 is 16.7 Å². The summed E-state index contributed by atoms with van der Waals surface area (Å²) in [6.45, 7) is 2.53. The number of anilines is 1. The zero-order valence-electron chi connectivity index (χ0n) is 13.4. The molecule has 1 aromatic heterocycles. The molecular formula is C20H19FN2O. The zero-order chi connectivity index (χ0) is 16.4. The van der Waals surface area contributed by atoms with Gasteiger partial charge in [0.15, 0.2) is 0 Å². The van der Waals surface area contributed by atoms with Gasteiger partial charge in [-0.3, -0.25) is 0 Å². The number of ether oxygens (including phenoxy) is 1. The number of hydrogen-bond acceptors (Lipinski definition) is 3. The molecule has 3 aromatic rings. The molecule has 2 heterocycles. The Morgan fingerprint density at radius 2 is 1.75 bits per heavy atom.